The number of aryl methyl sites for hydroxylation is 2. The van der Waals surface area contributed by atoms with Crippen LogP contribution in [0.2, 0.25) is 0 Å². The molecule has 11 heteroatoms. The van der Waals surface area contributed by atoms with Gasteiger partial charge < -0.3 is 30.6 Å². The number of nitrogen functional groups attached to an aromatic ring is 2. The maximum Gasteiger partial charge on any atom is 0.254 e. The minimum absolute atomic E-state index is 0.0299. The number of hydrogen-bond acceptors (Lipinski definition) is 8. The van der Waals surface area contributed by atoms with Gasteiger partial charge in [-0.25, -0.2) is 9.97 Å². The third kappa shape index (κ3) is 2.96. The first kappa shape index (κ1) is 19.2. The van der Waals surface area contributed by atoms with E-state index in [9.17, 15) is 9.90 Å². The average molecular weight is 421 g/mol. The summed E-state index contributed by atoms with van der Waals surface area (Å²) in [6.45, 7) is 5.32. The van der Waals surface area contributed by atoms with Crippen molar-refractivity contribution in [1.82, 2.24) is 34.0 Å². The van der Waals surface area contributed by atoms with E-state index in [4.69, 9.17) is 11.5 Å². The number of benzene rings is 1. The second kappa shape index (κ2) is 6.91. The van der Waals surface area contributed by atoms with Crippen LogP contribution in [0.5, 0.6) is 0 Å². The molecule has 0 saturated carbocycles. The number of likely N-dealkylation sites (tertiary alicyclic amines) is 1. The summed E-state index contributed by atoms with van der Waals surface area (Å²) >= 11 is 0. The molecular weight excluding hydrogens is 398 g/mol. The van der Waals surface area contributed by atoms with E-state index in [-0.39, 0.29) is 24.2 Å². The van der Waals surface area contributed by atoms with Crippen LogP contribution in [0, 0.1) is 6.92 Å². The molecule has 3 aromatic heterocycles. The zero-order chi connectivity index (χ0) is 21.9. The second-order valence-corrected chi connectivity index (χ2v) is 7.74. The molecule has 5 N–H and O–H groups in total. The van der Waals surface area contributed by atoms with E-state index >= 15 is 0 Å². The summed E-state index contributed by atoms with van der Waals surface area (Å²) in [5.74, 6) is 0.954. The van der Waals surface area contributed by atoms with Crippen molar-refractivity contribution < 1.29 is 9.90 Å². The Bertz CT molecular complexity index is 1330. The van der Waals surface area contributed by atoms with Crippen LogP contribution in [0.1, 0.15) is 29.1 Å². The molecule has 31 heavy (non-hydrogen) atoms. The fourth-order valence-corrected chi connectivity index (χ4v) is 4.37. The van der Waals surface area contributed by atoms with Gasteiger partial charge in [-0.1, -0.05) is 0 Å². The summed E-state index contributed by atoms with van der Waals surface area (Å²) in [5, 5.41) is 10.7. The molecule has 4 aromatic rings. The number of rotatable bonds is 3. The number of nitrogens with two attached hydrogens (primary N) is 2. The number of amides is 1. The number of carbonyl (C=O) groups is 1. The van der Waals surface area contributed by atoms with Crippen molar-refractivity contribution in [2.75, 3.05) is 24.6 Å². The van der Waals surface area contributed by atoms with E-state index < -0.39 is 12.1 Å². The monoisotopic (exact) mass is 421 g/mol. The second-order valence-electron chi connectivity index (χ2n) is 7.74. The highest BCUT2D eigenvalue weighted by Crippen LogP contribution is 2.29. The number of anilines is 2. The molecule has 11 nitrogen and oxygen atoms in total. The highest BCUT2D eigenvalue weighted by atomic mass is 16.3. The van der Waals surface area contributed by atoms with Crippen LogP contribution in [-0.2, 0) is 6.54 Å². The van der Waals surface area contributed by atoms with Gasteiger partial charge in [0.05, 0.1) is 29.5 Å². The molecule has 5 rings (SSSR count). The molecule has 0 spiro atoms. The van der Waals surface area contributed by atoms with Crippen LogP contribution >= 0.6 is 0 Å². The van der Waals surface area contributed by atoms with Gasteiger partial charge in [-0.3, -0.25) is 4.79 Å². The predicted molar refractivity (Wildman–Crippen MR) is 115 cm³/mol. The molecule has 4 heterocycles. The topological polar surface area (TPSA) is 154 Å². The van der Waals surface area contributed by atoms with Crippen molar-refractivity contribution in [2.24, 2.45) is 0 Å². The van der Waals surface area contributed by atoms with Crippen LogP contribution in [0.25, 0.3) is 22.2 Å². The van der Waals surface area contributed by atoms with Crippen LogP contribution < -0.4 is 11.5 Å². The molecule has 1 aliphatic heterocycles. The summed E-state index contributed by atoms with van der Waals surface area (Å²) < 4.78 is 3.81. The van der Waals surface area contributed by atoms with Crippen molar-refractivity contribution >= 4 is 39.9 Å². The van der Waals surface area contributed by atoms with Crippen LogP contribution in [-0.4, -0.2) is 64.2 Å². The number of aromatic nitrogens is 6. The summed E-state index contributed by atoms with van der Waals surface area (Å²) in [4.78, 5) is 31.8. The lowest BCUT2D eigenvalue weighted by molar-refractivity contribution is 0.0765. The molecule has 0 bridgehead atoms. The number of nitrogens with zero attached hydrogens (tertiary/aromatic N) is 7. The third-order valence-electron chi connectivity index (χ3n) is 5.87. The van der Waals surface area contributed by atoms with Gasteiger partial charge in [-0.05, 0) is 32.0 Å². The lowest BCUT2D eigenvalue weighted by Crippen LogP contribution is -2.29. The van der Waals surface area contributed by atoms with Crippen LogP contribution in [0.4, 0.5) is 11.8 Å². The fourth-order valence-electron chi connectivity index (χ4n) is 4.37. The number of β-amino-alcohol motifs (C(OH)–C–C–N with tert-alkyl or cyclic N) is 1. The molecule has 160 valence electrons. The summed E-state index contributed by atoms with van der Waals surface area (Å²) in [6.07, 6.45) is 0.757. The number of hydrogen-bond donors (Lipinski definition) is 3. The van der Waals surface area contributed by atoms with Gasteiger partial charge in [0.25, 0.3) is 5.91 Å². The van der Waals surface area contributed by atoms with Gasteiger partial charge in [0.1, 0.15) is 11.3 Å². The van der Waals surface area contributed by atoms with Crippen molar-refractivity contribution in [3.05, 3.63) is 35.9 Å². The minimum Gasteiger partial charge on any atom is -0.389 e. The highest BCUT2D eigenvalue weighted by molar-refractivity contribution is 5.97. The van der Waals surface area contributed by atoms with Gasteiger partial charge in [0, 0.05) is 25.2 Å². The minimum atomic E-state index is -0.788. The smallest absolute Gasteiger partial charge is 0.254 e. The lowest BCUT2D eigenvalue weighted by Gasteiger charge is -2.17. The normalized spacial score (nSPS) is 19.0. The lowest BCUT2D eigenvalue weighted by atomic mass is 10.1. The maximum atomic E-state index is 13.2. The molecule has 1 saturated heterocycles. The van der Waals surface area contributed by atoms with Crippen molar-refractivity contribution in [3.8, 4) is 0 Å². The number of carbonyl (C=O) groups excluding carboxylic acids is 1. The molecule has 1 aromatic carbocycles. The molecular formula is C20H23N9O2. The molecule has 0 unspecified atom stereocenters. The number of aliphatic hydroxyl groups excluding tert-OH is 1. The summed E-state index contributed by atoms with van der Waals surface area (Å²) in [5.41, 5.74) is 14.8. The molecule has 0 aliphatic carbocycles. The summed E-state index contributed by atoms with van der Waals surface area (Å²) in [6, 6.07) is 5.10. The van der Waals surface area contributed by atoms with E-state index in [0.29, 0.717) is 23.3 Å². The van der Waals surface area contributed by atoms with Crippen molar-refractivity contribution in [1.29, 1.82) is 0 Å². The van der Waals surface area contributed by atoms with Crippen molar-refractivity contribution in [2.45, 2.75) is 32.5 Å². The van der Waals surface area contributed by atoms with Gasteiger partial charge in [0.15, 0.2) is 11.5 Å². The van der Waals surface area contributed by atoms with E-state index in [2.05, 4.69) is 31.4 Å². The van der Waals surface area contributed by atoms with Crippen LogP contribution in [0.3, 0.4) is 0 Å². The zero-order valence-electron chi connectivity index (χ0n) is 17.2. The number of fused-ring (bicyclic) bond motifs is 2. The Kier molecular flexibility index (Phi) is 4.29. The predicted octanol–water partition coefficient (Wildman–Crippen LogP) is 0.727. The third-order valence-corrected chi connectivity index (χ3v) is 5.87. The first-order valence-corrected chi connectivity index (χ1v) is 10.1. The summed E-state index contributed by atoms with van der Waals surface area (Å²) in [7, 11) is 0. The standard InChI is InChI=1S/C20H23N9O2/c1-3-28-10(2)24-12-6-11(4-5-13(12)28)19(31)27-7-14(15(30)8-27)29-9-23-16-17(21)25-20(22)26-18(16)29/h4-6,9,14-15,30H,3,7-8H2,1-2H3,(H4,21,22,25,26)/t14-,15-/m0/s1. The molecule has 1 amide bonds. The van der Waals surface area contributed by atoms with E-state index in [0.717, 1.165) is 23.4 Å². The molecule has 0 radical (unpaired) electrons. The Hall–Kier alpha value is -3.73. The Morgan fingerprint density at radius 1 is 1.23 bits per heavy atom. The SMILES string of the molecule is CCn1c(C)nc2cc(C(=O)N3C[C@H](O)[C@@H](n4cnc5c(N)nc(N)nc54)C3)ccc21. The molecule has 1 aliphatic rings. The highest BCUT2D eigenvalue weighted by Gasteiger charge is 2.36. The van der Waals surface area contributed by atoms with Gasteiger partial charge in [0.2, 0.25) is 5.95 Å². The van der Waals surface area contributed by atoms with Gasteiger partial charge >= 0.3 is 0 Å². The molecule has 2 atom stereocenters. The Morgan fingerprint density at radius 3 is 2.81 bits per heavy atom. The van der Waals surface area contributed by atoms with Crippen molar-refractivity contribution in [3.63, 3.8) is 0 Å². The maximum absolute atomic E-state index is 13.2. The molecule has 1 fully saturated rings. The quantitative estimate of drug-likeness (QED) is 0.437. The Balaban J connectivity index is 1.44. The van der Waals surface area contributed by atoms with Gasteiger partial charge in [-0.2, -0.15) is 9.97 Å². The number of imidazole rings is 2. The Morgan fingerprint density at radius 2 is 2.03 bits per heavy atom. The zero-order valence-corrected chi connectivity index (χ0v) is 17.2. The number of aliphatic hydroxyl groups is 1. The van der Waals surface area contributed by atoms with Crippen LogP contribution in [0.15, 0.2) is 24.5 Å². The average Bonchev–Trinajstić information content (AvgIpc) is 3.40. The first-order valence-electron chi connectivity index (χ1n) is 10.1. The fraction of sp³-hybridized carbons (Fsp3) is 0.350. The Labute approximate surface area is 177 Å². The first-order chi connectivity index (χ1) is 14.9. The van der Waals surface area contributed by atoms with E-state index in [1.54, 1.807) is 27.9 Å². The van der Waals surface area contributed by atoms with E-state index in [1.165, 1.54) is 0 Å². The largest absolute Gasteiger partial charge is 0.389 e. The van der Waals surface area contributed by atoms with E-state index in [1.807, 2.05) is 13.0 Å². The van der Waals surface area contributed by atoms with Gasteiger partial charge in [-0.15, -0.1) is 0 Å².